The highest BCUT2D eigenvalue weighted by Crippen LogP contribution is 2.17. The molecular formula is C10H10N2O6S. The molecule has 9 heteroatoms. The lowest BCUT2D eigenvalue weighted by Crippen LogP contribution is -2.25. The van der Waals surface area contributed by atoms with Gasteiger partial charge in [0, 0.05) is 0 Å². The van der Waals surface area contributed by atoms with E-state index in [-0.39, 0.29) is 10.6 Å². The molecule has 0 saturated carbocycles. The van der Waals surface area contributed by atoms with Gasteiger partial charge in [0.1, 0.15) is 0 Å². The van der Waals surface area contributed by atoms with Crippen LogP contribution in [-0.2, 0) is 19.7 Å². The van der Waals surface area contributed by atoms with E-state index in [2.05, 4.69) is 10.2 Å². The quantitative estimate of drug-likeness (QED) is 0.472. The monoisotopic (exact) mass is 286 g/mol. The lowest BCUT2D eigenvalue weighted by molar-refractivity contribution is -0.141. The highest BCUT2D eigenvalue weighted by molar-refractivity contribution is 7.85. The molecule has 1 rings (SSSR count). The third-order valence-corrected chi connectivity index (χ3v) is 2.91. The summed E-state index contributed by atoms with van der Waals surface area (Å²) >= 11 is 0. The first-order chi connectivity index (χ1) is 8.71. The van der Waals surface area contributed by atoms with E-state index in [1.54, 1.807) is 0 Å². The van der Waals surface area contributed by atoms with E-state index in [1.165, 1.54) is 12.1 Å². The second kappa shape index (κ2) is 5.67. The van der Waals surface area contributed by atoms with Crippen molar-refractivity contribution in [2.45, 2.75) is 17.9 Å². The van der Waals surface area contributed by atoms with Gasteiger partial charge in [0.25, 0.3) is 10.1 Å². The Morgan fingerprint density at radius 2 is 1.74 bits per heavy atom. The molecule has 0 radical (unpaired) electrons. The van der Waals surface area contributed by atoms with Crippen molar-refractivity contribution >= 4 is 27.6 Å². The van der Waals surface area contributed by atoms with Gasteiger partial charge in [0.05, 0.1) is 10.6 Å². The van der Waals surface area contributed by atoms with Crippen molar-refractivity contribution in [2.75, 3.05) is 0 Å². The van der Waals surface area contributed by atoms with Crippen molar-refractivity contribution in [2.24, 2.45) is 10.2 Å². The van der Waals surface area contributed by atoms with Gasteiger partial charge in [-0.15, -0.1) is 0 Å². The van der Waals surface area contributed by atoms with E-state index in [0.717, 1.165) is 19.1 Å². The summed E-state index contributed by atoms with van der Waals surface area (Å²) in [5.41, 5.74) is 0.153. The maximum atomic E-state index is 10.9. The highest BCUT2D eigenvalue weighted by Gasteiger charge is 2.21. The molecule has 102 valence electrons. The number of rotatable bonds is 5. The Labute approximate surface area is 108 Å². The number of carbonyl (C=O) groups is 2. The number of benzene rings is 1. The van der Waals surface area contributed by atoms with Gasteiger partial charge in [0.15, 0.2) is 5.78 Å². The third-order valence-electron chi connectivity index (χ3n) is 2.04. The summed E-state index contributed by atoms with van der Waals surface area (Å²) < 4.78 is 30.3. The van der Waals surface area contributed by atoms with E-state index in [0.29, 0.717) is 0 Å². The summed E-state index contributed by atoms with van der Waals surface area (Å²) in [6.07, 6.45) is 0. The smallest absolute Gasteiger partial charge is 0.338 e. The average molecular weight is 286 g/mol. The normalized spacial score (nSPS) is 13.4. The molecule has 0 aliphatic heterocycles. The van der Waals surface area contributed by atoms with Crippen molar-refractivity contribution < 1.29 is 27.7 Å². The Morgan fingerprint density at radius 1 is 1.21 bits per heavy atom. The molecule has 0 saturated heterocycles. The van der Waals surface area contributed by atoms with Crippen molar-refractivity contribution in [3.63, 3.8) is 0 Å². The van der Waals surface area contributed by atoms with Crippen LogP contribution in [0.1, 0.15) is 6.92 Å². The fourth-order valence-electron chi connectivity index (χ4n) is 1.11. The number of ketones is 1. The molecule has 1 unspecified atom stereocenters. The fraction of sp³-hybridized carbons (Fsp3) is 0.200. The largest absolute Gasteiger partial charge is 0.479 e. The van der Waals surface area contributed by atoms with Crippen LogP contribution in [0.2, 0.25) is 0 Å². The molecule has 0 aliphatic rings. The minimum Gasteiger partial charge on any atom is -0.479 e. The lowest BCUT2D eigenvalue weighted by Gasteiger charge is -2.00. The van der Waals surface area contributed by atoms with Gasteiger partial charge in [-0.1, -0.05) is 0 Å². The molecule has 1 aromatic carbocycles. The van der Waals surface area contributed by atoms with E-state index in [9.17, 15) is 18.0 Å². The summed E-state index contributed by atoms with van der Waals surface area (Å²) in [4.78, 5) is 21.3. The summed E-state index contributed by atoms with van der Waals surface area (Å²) in [7, 11) is -4.30. The van der Waals surface area contributed by atoms with Crippen LogP contribution in [0.4, 0.5) is 5.69 Å². The van der Waals surface area contributed by atoms with Gasteiger partial charge in [-0.25, -0.2) is 4.79 Å². The molecule has 0 aromatic heterocycles. The van der Waals surface area contributed by atoms with Crippen LogP contribution < -0.4 is 0 Å². The number of Topliss-reactive ketones (excluding diaryl/α,β-unsaturated/α-hetero) is 1. The molecule has 2 N–H and O–H groups in total. The Morgan fingerprint density at radius 3 is 2.11 bits per heavy atom. The maximum absolute atomic E-state index is 10.9. The number of aliphatic carboxylic acids is 1. The number of carboxylic acid groups (broad SMARTS) is 1. The van der Waals surface area contributed by atoms with Gasteiger partial charge in [-0.05, 0) is 31.2 Å². The van der Waals surface area contributed by atoms with Crippen molar-refractivity contribution in [3.8, 4) is 0 Å². The van der Waals surface area contributed by atoms with Crippen LogP contribution >= 0.6 is 0 Å². The Hall–Kier alpha value is -2.13. The fourth-order valence-corrected chi connectivity index (χ4v) is 1.59. The molecule has 0 amide bonds. The number of nitrogens with zero attached hydrogens (tertiary/aromatic N) is 2. The SMILES string of the molecule is CC(=O)C(N=Nc1ccc(S(=O)(=O)O)cc1)C(=O)O. The number of hydrogen-bond acceptors (Lipinski definition) is 6. The summed E-state index contributed by atoms with van der Waals surface area (Å²) in [5.74, 6) is -2.10. The van der Waals surface area contributed by atoms with Crippen LogP contribution in [-0.4, -0.2) is 35.9 Å². The number of hydrogen-bond donors (Lipinski definition) is 2. The van der Waals surface area contributed by atoms with Gasteiger partial charge >= 0.3 is 5.97 Å². The second-order valence-corrected chi connectivity index (χ2v) is 4.96. The molecule has 1 aromatic rings. The summed E-state index contributed by atoms with van der Waals surface area (Å²) in [6, 6.07) is 2.99. The van der Waals surface area contributed by atoms with Crippen LogP contribution in [0, 0.1) is 0 Å². The van der Waals surface area contributed by atoms with E-state index in [4.69, 9.17) is 9.66 Å². The zero-order valence-electron chi connectivity index (χ0n) is 9.72. The number of carbonyl (C=O) groups excluding carboxylic acids is 1. The minimum atomic E-state index is -4.30. The third kappa shape index (κ3) is 4.23. The zero-order valence-corrected chi connectivity index (χ0v) is 10.5. The predicted octanol–water partition coefficient (Wildman–Crippen LogP) is 1.06. The molecule has 1 atom stereocenters. The van der Waals surface area contributed by atoms with E-state index >= 15 is 0 Å². The molecule has 0 bridgehead atoms. The van der Waals surface area contributed by atoms with Crippen LogP contribution in [0.5, 0.6) is 0 Å². The predicted molar refractivity (Wildman–Crippen MR) is 62.9 cm³/mol. The number of carboxylic acids is 1. The summed E-state index contributed by atoms with van der Waals surface area (Å²) in [5, 5.41) is 15.6. The molecule has 0 fully saturated rings. The Bertz CT molecular complexity index is 606. The molecule has 0 aliphatic carbocycles. The van der Waals surface area contributed by atoms with Crippen LogP contribution in [0.3, 0.4) is 0 Å². The maximum Gasteiger partial charge on any atom is 0.338 e. The van der Waals surface area contributed by atoms with Crippen molar-refractivity contribution in [3.05, 3.63) is 24.3 Å². The summed E-state index contributed by atoms with van der Waals surface area (Å²) in [6.45, 7) is 1.07. The van der Waals surface area contributed by atoms with Crippen molar-refractivity contribution in [1.29, 1.82) is 0 Å². The van der Waals surface area contributed by atoms with Gasteiger partial charge in [-0.2, -0.15) is 18.6 Å². The Balaban J connectivity index is 2.95. The molecule has 8 nitrogen and oxygen atoms in total. The molecule has 0 heterocycles. The minimum absolute atomic E-state index is 0.153. The average Bonchev–Trinajstić information content (AvgIpc) is 2.27. The van der Waals surface area contributed by atoms with Gasteiger partial charge < -0.3 is 5.11 Å². The number of azo groups is 1. The van der Waals surface area contributed by atoms with Gasteiger partial charge in [-0.3, -0.25) is 9.35 Å². The Kier molecular flexibility index (Phi) is 4.46. The first kappa shape index (κ1) is 14.9. The van der Waals surface area contributed by atoms with Crippen LogP contribution in [0.25, 0.3) is 0 Å². The molecule has 0 spiro atoms. The van der Waals surface area contributed by atoms with E-state index in [1.807, 2.05) is 0 Å². The van der Waals surface area contributed by atoms with Crippen LogP contribution in [0.15, 0.2) is 39.4 Å². The highest BCUT2D eigenvalue weighted by atomic mass is 32.2. The first-order valence-corrected chi connectivity index (χ1v) is 6.37. The van der Waals surface area contributed by atoms with E-state index < -0.39 is 27.9 Å². The van der Waals surface area contributed by atoms with Gasteiger partial charge in [0.2, 0.25) is 6.04 Å². The topological polar surface area (TPSA) is 133 Å². The first-order valence-electron chi connectivity index (χ1n) is 4.93. The van der Waals surface area contributed by atoms with Crippen molar-refractivity contribution in [1.82, 2.24) is 0 Å². The second-order valence-electron chi connectivity index (χ2n) is 3.54. The lowest BCUT2D eigenvalue weighted by atomic mass is 10.2. The molecule has 19 heavy (non-hydrogen) atoms. The molecular weight excluding hydrogens is 276 g/mol. The standard InChI is InChI=1S/C10H10N2O6S/c1-6(13)9(10(14)15)12-11-7-2-4-8(5-3-7)19(16,17)18/h2-5,9H,1H3,(H,14,15)(H,16,17,18). The zero-order chi connectivity index (χ0) is 14.6.